The third-order valence-corrected chi connectivity index (χ3v) is 4.97. The van der Waals surface area contributed by atoms with Crippen molar-refractivity contribution in [1.29, 1.82) is 0 Å². The molecule has 2 heterocycles. The van der Waals surface area contributed by atoms with E-state index in [1.54, 1.807) is 6.92 Å². The predicted molar refractivity (Wildman–Crippen MR) is 99.7 cm³/mol. The van der Waals surface area contributed by atoms with Crippen molar-refractivity contribution in [2.45, 2.75) is 65.3 Å². The average molecular weight is 348 g/mol. The molecule has 2 N–H and O–H groups in total. The van der Waals surface area contributed by atoms with Crippen molar-refractivity contribution in [2.75, 3.05) is 13.1 Å². The molecule has 0 aromatic heterocycles. The average Bonchev–Trinajstić information content (AvgIpc) is 2.83. The number of ketones is 1. The molecular weight excluding hydrogens is 316 g/mol. The minimum atomic E-state index is -1.14. The quantitative estimate of drug-likeness (QED) is 0.765. The summed E-state index contributed by atoms with van der Waals surface area (Å²) < 4.78 is 0. The summed E-state index contributed by atoms with van der Waals surface area (Å²) >= 11 is 0. The highest BCUT2D eigenvalue weighted by atomic mass is 16.5. The number of hydrogen-bond acceptors (Lipinski definition) is 4. The van der Waals surface area contributed by atoms with Crippen molar-refractivity contribution in [3.63, 3.8) is 0 Å². The van der Waals surface area contributed by atoms with E-state index in [-0.39, 0.29) is 11.7 Å². The minimum Gasteiger partial charge on any atom is -0.342 e. The highest BCUT2D eigenvalue weighted by Gasteiger charge is 2.61. The lowest BCUT2D eigenvalue weighted by Crippen LogP contribution is -2.54. The van der Waals surface area contributed by atoms with Gasteiger partial charge < -0.3 is 10.5 Å². The molecule has 1 unspecified atom stereocenters. The fourth-order valence-corrected chi connectivity index (χ4v) is 3.59. The molecular formula is C20H32N2O3. The number of Topliss-reactive ketones (excluding diaryl/α,β-unsaturated/α-hetero) is 1. The Morgan fingerprint density at radius 3 is 2.08 bits per heavy atom. The van der Waals surface area contributed by atoms with Crippen molar-refractivity contribution < 1.29 is 14.8 Å². The first kappa shape index (κ1) is 21.3. The summed E-state index contributed by atoms with van der Waals surface area (Å²) in [6, 6.07) is 7.53. The van der Waals surface area contributed by atoms with E-state index in [0.29, 0.717) is 25.9 Å². The zero-order valence-electron chi connectivity index (χ0n) is 16.3. The van der Waals surface area contributed by atoms with Crippen molar-refractivity contribution in [3.05, 3.63) is 35.4 Å². The van der Waals surface area contributed by atoms with E-state index in [2.05, 4.69) is 5.32 Å². The smallest absolute Gasteiger partial charge is 0.238 e. The molecule has 0 bridgehead atoms. The van der Waals surface area contributed by atoms with E-state index in [1.807, 2.05) is 58.9 Å². The first-order valence-electron chi connectivity index (χ1n) is 9.28. The zero-order chi connectivity index (χ0) is 19.3. The van der Waals surface area contributed by atoms with Crippen molar-refractivity contribution in [2.24, 2.45) is 0 Å². The monoisotopic (exact) mass is 348 g/mol. The number of amides is 1. The van der Waals surface area contributed by atoms with Crippen molar-refractivity contribution in [1.82, 2.24) is 10.4 Å². The molecule has 2 aliphatic rings. The number of nitrogens with one attached hydrogen (secondary N) is 1. The number of benzene rings is 1. The third-order valence-electron chi connectivity index (χ3n) is 4.97. The van der Waals surface area contributed by atoms with Gasteiger partial charge in [-0.2, -0.15) is 5.06 Å². The van der Waals surface area contributed by atoms with Crippen LogP contribution >= 0.6 is 0 Å². The van der Waals surface area contributed by atoms with Gasteiger partial charge in [-0.1, -0.05) is 52.0 Å². The number of hydroxylamine groups is 2. The van der Waals surface area contributed by atoms with Gasteiger partial charge in [0.25, 0.3) is 0 Å². The Morgan fingerprint density at radius 1 is 1.04 bits per heavy atom. The van der Waals surface area contributed by atoms with E-state index in [4.69, 9.17) is 0 Å². The van der Waals surface area contributed by atoms with Crippen LogP contribution in [0.5, 0.6) is 0 Å². The first-order valence-corrected chi connectivity index (χ1v) is 9.28. The number of rotatable bonds is 1. The molecule has 0 radical (unpaired) electrons. The van der Waals surface area contributed by atoms with E-state index in [0.717, 1.165) is 11.1 Å². The molecule has 25 heavy (non-hydrogen) atoms. The Hall–Kier alpha value is -1.72. The summed E-state index contributed by atoms with van der Waals surface area (Å²) in [7, 11) is 0. The van der Waals surface area contributed by atoms with Gasteiger partial charge in [0.2, 0.25) is 5.91 Å². The lowest BCUT2D eigenvalue weighted by atomic mass is 9.71. The molecule has 1 amide bonds. The maximum atomic E-state index is 13.1. The highest BCUT2D eigenvalue weighted by molar-refractivity contribution is 6.21. The van der Waals surface area contributed by atoms with Gasteiger partial charge in [-0.05, 0) is 37.8 Å². The van der Waals surface area contributed by atoms with Crippen molar-refractivity contribution in [3.8, 4) is 0 Å². The zero-order valence-corrected chi connectivity index (χ0v) is 16.3. The Morgan fingerprint density at radius 2 is 1.56 bits per heavy atom. The lowest BCUT2D eigenvalue weighted by Gasteiger charge is -2.35. The van der Waals surface area contributed by atoms with E-state index in [1.165, 1.54) is 5.06 Å². The number of nitrogens with zero attached hydrogens (tertiary/aromatic N) is 1. The highest BCUT2D eigenvalue weighted by Crippen LogP contribution is 2.41. The molecule has 3 rings (SSSR count). The molecule has 2 aliphatic heterocycles. The topological polar surface area (TPSA) is 69.6 Å². The third kappa shape index (κ3) is 3.62. The fraction of sp³-hybridized carbons (Fsp3) is 0.600. The van der Waals surface area contributed by atoms with E-state index in [9.17, 15) is 14.8 Å². The van der Waals surface area contributed by atoms with Gasteiger partial charge >= 0.3 is 0 Å². The van der Waals surface area contributed by atoms with Crippen LogP contribution in [0.25, 0.3) is 0 Å². The number of carbonyl (C=O) groups is 2. The molecule has 1 aromatic rings. The molecule has 5 heteroatoms. The first-order chi connectivity index (χ1) is 11.9. The number of carbonyl (C=O) groups excluding carboxylic acids is 2. The summed E-state index contributed by atoms with van der Waals surface area (Å²) in [4.78, 5) is 25.7. The van der Waals surface area contributed by atoms with Crippen LogP contribution in [0.1, 0.15) is 58.6 Å². The maximum absolute atomic E-state index is 13.1. The lowest BCUT2D eigenvalue weighted by molar-refractivity contribution is -0.139. The second kappa shape index (κ2) is 8.59. The molecule has 2 fully saturated rings. The summed E-state index contributed by atoms with van der Waals surface area (Å²) in [6.45, 7) is 12.4. The molecule has 1 spiro atoms. The van der Waals surface area contributed by atoms with Crippen LogP contribution in [-0.4, -0.2) is 40.6 Å². The van der Waals surface area contributed by atoms with Crippen LogP contribution in [0.15, 0.2) is 24.3 Å². The van der Waals surface area contributed by atoms with Gasteiger partial charge in [-0.3, -0.25) is 9.59 Å². The van der Waals surface area contributed by atoms with E-state index >= 15 is 0 Å². The van der Waals surface area contributed by atoms with Crippen molar-refractivity contribution >= 4 is 11.7 Å². The second-order valence-corrected chi connectivity index (χ2v) is 6.26. The maximum Gasteiger partial charge on any atom is 0.238 e. The largest absolute Gasteiger partial charge is 0.342 e. The molecule has 140 valence electrons. The fourth-order valence-electron chi connectivity index (χ4n) is 3.59. The summed E-state index contributed by atoms with van der Waals surface area (Å²) in [5, 5.41) is 13.6. The van der Waals surface area contributed by atoms with E-state index < -0.39 is 11.0 Å². The Kier molecular flexibility index (Phi) is 7.32. The van der Waals surface area contributed by atoms with Gasteiger partial charge in [-0.15, -0.1) is 0 Å². The van der Waals surface area contributed by atoms with Gasteiger partial charge in [0, 0.05) is 13.1 Å². The Balaban J connectivity index is 0.000000730. The SMILES string of the molecule is CC.CC.Cc1ccccc1C1(C)C(=O)NC2(CCN(O)CC2)C1=O. The van der Waals surface area contributed by atoms with Crippen LogP contribution in [-0.2, 0) is 15.0 Å². The van der Waals surface area contributed by atoms with Crippen LogP contribution in [0.4, 0.5) is 0 Å². The molecule has 0 aliphatic carbocycles. The van der Waals surface area contributed by atoms with Gasteiger partial charge in [0.05, 0.1) is 0 Å². The number of hydrogen-bond donors (Lipinski definition) is 2. The van der Waals surface area contributed by atoms with Crippen LogP contribution in [0.3, 0.4) is 0 Å². The summed E-state index contributed by atoms with van der Waals surface area (Å²) in [5.74, 6) is -0.296. The molecule has 5 nitrogen and oxygen atoms in total. The van der Waals surface area contributed by atoms with Gasteiger partial charge in [-0.25, -0.2) is 0 Å². The predicted octanol–water partition coefficient (Wildman–Crippen LogP) is 3.23. The minimum absolute atomic E-state index is 0.0672. The van der Waals surface area contributed by atoms with Crippen LogP contribution in [0, 0.1) is 6.92 Å². The standard InChI is InChI=1S/C16H20N2O3.2C2H6/c1-11-5-3-4-6-12(11)15(2)13(19)16(17-14(15)20)7-9-18(21)10-8-16;2*1-2/h3-6,21H,7-10H2,1-2H3,(H,17,20);2*1-2H3. The number of aryl methyl sites for hydroxylation is 1. The molecule has 1 aromatic carbocycles. The van der Waals surface area contributed by atoms with Crippen LogP contribution in [0.2, 0.25) is 0 Å². The van der Waals surface area contributed by atoms with Crippen LogP contribution < -0.4 is 5.32 Å². The summed E-state index contributed by atoms with van der Waals surface area (Å²) in [5.41, 5.74) is -0.244. The second-order valence-electron chi connectivity index (χ2n) is 6.26. The van der Waals surface area contributed by atoms with Gasteiger partial charge in [0.1, 0.15) is 11.0 Å². The normalized spacial score (nSPS) is 24.8. The van der Waals surface area contributed by atoms with Gasteiger partial charge in [0.15, 0.2) is 5.78 Å². The Labute approximate surface area is 151 Å². The summed E-state index contributed by atoms with van der Waals surface area (Å²) in [6.07, 6.45) is 0.908. The molecule has 0 saturated carbocycles. The molecule has 2 saturated heterocycles. The Bertz CT molecular complexity index is 607. The molecule has 1 atom stereocenters. The number of piperidine rings is 1.